The van der Waals surface area contributed by atoms with Crippen molar-refractivity contribution in [3.05, 3.63) is 20.8 Å². The molecule has 1 aliphatic rings. The second-order valence-electron chi connectivity index (χ2n) is 4.16. The smallest absolute Gasteiger partial charge is 0.223 e. The number of halogens is 1. The van der Waals surface area contributed by atoms with E-state index in [0.717, 1.165) is 17.6 Å². The lowest BCUT2D eigenvalue weighted by Crippen LogP contribution is -2.49. The summed E-state index contributed by atoms with van der Waals surface area (Å²) >= 11 is 5.06. The Labute approximate surface area is 108 Å². The molecule has 0 saturated carbocycles. The molecule has 2 heterocycles. The van der Waals surface area contributed by atoms with Gasteiger partial charge in [0.25, 0.3) is 0 Å². The summed E-state index contributed by atoms with van der Waals surface area (Å²) in [6.07, 6.45) is 0. The van der Waals surface area contributed by atoms with E-state index < -0.39 is 0 Å². The van der Waals surface area contributed by atoms with Gasteiger partial charge in [0.2, 0.25) is 5.91 Å². The fourth-order valence-corrected chi connectivity index (χ4v) is 3.05. The molecule has 2 rings (SSSR count). The molecular formula is C11H15BrN2OS. The third-order valence-electron chi connectivity index (χ3n) is 2.99. The Morgan fingerprint density at radius 1 is 1.75 bits per heavy atom. The lowest BCUT2D eigenvalue weighted by molar-refractivity contribution is -0.126. The van der Waals surface area contributed by atoms with Gasteiger partial charge in [0, 0.05) is 20.6 Å². The van der Waals surface area contributed by atoms with Crippen LogP contribution in [0, 0.1) is 11.8 Å². The van der Waals surface area contributed by atoms with Crippen molar-refractivity contribution in [3.63, 3.8) is 0 Å². The molecule has 1 unspecified atom stereocenters. The van der Waals surface area contributed by atoms with E-state index >= 15 is 0 Å². The molecule has 3 nitrogen and oxygen atoms in total. The van der Waals surface area contributed by atoms with Crippen molar-refractivity contribution < 1.29 is 4.79 Å². The summed E-state index contributed by atoms with van der Waals surface area (Å²) in [5.41, 5.74) is 0. The highest BCUT2D eigenvalue weighted by atomic mass is 79.9. The van der Waals surface area contributed by atoms with Crippen molar-refractivity contribution in [3.8, 4) is 0 Å². The van der Waals surface area contributed by atoms with Crippen LogP contribution in [0.4, 0.5) is 0 Å². The number of thiophene rings is 1. The van der Waals surface area contributed by atoms with Crippen molar-refractivity contribution in [1.29, 1.82) is 0 Å². The highest BCUT2D eigenvalue weighted by Gasteiger charge is 2.28. The van der Waals surface area contributed by atoms with Crippen LogP contribution >= 0.6 is 27.3 Å². The third-order valence-corrected chi connectivity index (χ3v) is 4.69. The van der Waals surface area contributed by atoms with Gasteiger partial charge >= 0.3 is 0 Å². The van der Waals surface area contributed by atoms with Crippen LogP contribution in [0.1, 0.15) is 11.8 Å². The lowest BCUT2D eigenvalue weighted by Gasteiger charge is -2.31. The first-order chi connectivity index (χ1) is 7.66. The average Bonchev–Trinajstić information content (AvgIpc) is 2.58. The number of carbonyl (C=O) groups excluding carboxylic acids is 1. The number of amides is 1. The Kier molecular flexibility index (Phi) is 4.00. The minimum Gasteiger partial charge on any atom is -0.351 e. The molecule has 0 aromatic carbocycles. The van der Waals surface area contributed by atoms with E-state index in [2.05, 4.69) is 26.6 Å². The normalized spacial score (nSPS) is 17.9. The van der Waals surface area contributed by atoms with Gasteiger partial charge in [-0.2, -0.15) is 0 Å². The standard InChI is InChI=1S/C11H15BrN2OS/c1-7(8-3-13-4-8)11(15)14-5-10-2-9(12)6-16-10/h2,6-8,13H,3-5H2,1H3,(H,14,15). The van der Waals surface area contributed by atoms with Gasteiger partial charge < -0.3 is 10.6 Å². The van der Waals surface area contributed by atoms with Gasteiger partial charge in [0.1, 0.15) is 0 Å². The van der Waals surface area contributed by atoms with Gasteiger partial charge in [-0.15, -0.1) is 11.3 Å². The maximum absolute atomic E-state index is 11.8. The SMILES string of the molecule is CC(C(=O)NCc1cc(Br)cs1)C1CNC1. The van der Waals surface area contributed by atoms with Gasteiger partial charge in [-0.25, -0.2) is 0 Å². The minimum atomic E-state index is 0.115. The molecular weight excluding hydrogens is 288 g/mol. The van der Waals surface area contributed by atoms with Gasteiger partial charge in [-0.3, -0.25) is 4.79 Å². The second-order valence-corrected chi connectivity index (χ2v) is 6.07. The maximum atomic E-state index is 11.8. The summed E-state index contributed by atoms with van der Waals surface area (Å²) < 4.78 is 1.08. The zero-order valence-corrected chi connectivity index (χ0v) is 11.5. The number of nitrogens with one attached hydrogen (secondary N) is 2. The van der Waals surface area contributed by atoms with Crippen LogP contribution in [-0.2, 0) is 11.3 Å². The zero-order valence-electron chi connectivity index (χ0n) is 9.13. The fraction of sp³-hybridized carbons (Fsp3) is 0.545. The Bertz CT molecular complexity index is 376. The summed E-state index contributed by atoms with van der Waals surface area (Å²) in [5, 5.41) is 8.20. The highest BCUT2D eigenvalue weighted by molar-refractivity contribution is 9.10. The summed E-state index contributed by atoms with van der Waals surface area (Å²) in [6, 6.07) is 2.04. The van der Waals surface area contributed by atoms with Crippen LogP contribution in [-0.4, -0.2) is 19.0 Å². The summed E-state index contributed by atoms with van der Waals surface area (Å²) in [7, 11) is 0. The average molecular weight is 303 g/mol. The predicted molar refractivity (Wildman–Crippen MR) is 69.4 cm³/mol. The summed E-state index contributed by atoms with van der Waals surface area (Å²) in [5.74, 6) is 0.788. The molecule has 88 valence electrons. The number of hydrogen-bond donors (Lipinski definition) is 2. The molecule has 0 radical (unpaired) electrons. The maximum Gasteiger partial charge on any atom is 0.223 e. The van der Waals surface area contributed by atoms with Crippen molar-refractivity contribution in [2.75, 3.05) is 13.1 Å². The number of rotatable bonds is 4. The molecule has 1 aromatic heterocycles. The van der Waals surface area contributed by atoms with Crippen LogP contribution in [0.15, 0.2) is 15.9 Å². The molecule has 16 heavy (non-hydrogen) atoms. The minimum absolute atomic E-state index is 0.115. The molecule has 1 aliphatic heterocycles. The van der Waals surface area contributed by atoms with Crippen LogP contribution in [0.5, 0.6) is 0 Å². The quantitative estimate of drug-likeness (QED) is 0.893. The van der Waals surface area contributed by atoms with E-state index in [-0.39, 0.29) is 11.8 Å². The van der Waals surface area contributed by atoms with E-state index in [9.17, 15) is 4.79 Å². The molecule has 1 saturated heterocycles. The first-order valence-corrected chi connectivity index (χ1v) is 7.05. The van der Waals surface area contributed by atoms with E-state index in [4.69, 9.17) is 0 Å². The van der Waals surface area contributed by atoms with Crippen molar-refractivity contribution in [1.82, 2.24) is 10.6 Å². The topological polar surface area (TPSA) is 41.1 Å². The van der Waals surface area contributed by atoms with Gasteiger partial charge in [-0.05, 0) is 41.0 Å². The zero-order chi connectivity index (χ0) is 11.5. The van der Waals surface area contributed by atoms with Gasteiger partial charge in [0.05, 0.1) is 6.54 Å². The molecule has 2 N–H and O–H groups in total. The Morgan fingerprint density at radius 3 is 3.00 bits per heavy atom. The van der Waals surface area contributed by atoms with Crippen LogP contribution in [0.25, 0.3) is 0 Å². The molecule has 0 spiro atoms. The molecule has 1 atom stereocenters. The Morgan fingerprint density at radius 2 is 2.50 bits per heavy atom. The van der Waals surface area contributed by atoms with Gasteiger partial charge in [-0.1, -0.05) is 6.92 Å². The molecule has 1 aromatic rings. The largest absolute Gasteiger partial charge is 0.351 e. The number of carbonyl (C=O) groups is 1. The summed E-state index contributed by atoms with van der Waals surface area (Å²) in [6.45, 7) is 4.59. The van der Waals surface area contributed by atoms with Crippen LogP contribution < -0.4 is 10.6 Å². The fourth-order valence-electron chi connectivity index (χ4n) is 1.66. The Balaban J connectivity index is 1.78. The van der Waals surface area contributed by atoms with E-state index in [1.807, 2.05) is 18.4 Å². The first kappa shape index (κ1) is 12.1. The molecule has 0 aliphatic carbocycles. The highest BCUT2D eigenvalue weighted by Crippen LogP contribution is 2.20. The van der Waals surface area contributed by atoms with Crippen molar-refractivity contribution in [2.45, 2.75) is 13.5 Å². The van der Waals surface area contributed by atoms with Gasteiger partial charge in [0.15, 0.2) is 0 Å². The van der Waals surface area contributed by atoms with E-state index in [0.29, 0.717) is 12.5 Å². The molecule has 1 amide bonds. The number of hydrogen-bond acceptors (Lipinski definition) is 3. The monoisotopic (exact) mass is 302 g/mol. The van der Waals surface area contributed by atoms with Crippen molar-refractivity contribution in [2.24, 2.45) is 11.8 Å². The van der Waals surface area contributed by atoms with E-state index in [1.54, 1.807) is 11.3 Å². The second kappa shape index (κ2) is 5.29. The molecule has 0 bridgehead atoms. The Hall–Kier alpha value is -0.390. The van der Waals surface area contributed by atoms with E-state index in [1.165, 1.54) is 4.88 Å². The molecule has 1 fully saturated rings. The van der Waals surface area contributed by atoms with Crippen LogP contribution in [0.3, 0.4) is 0 Å². The predicted octanol–water partition coefficient (Wildman–Crippen LogP) is 1.98. The molecule has 5 heteroatoms. The lowest BCUT2D eigenvalue weighted by atomic mass is 9.88. The summed E-state index contributed by atoms with van der Waals surface area (Å²) in [4.78, 5) is 13.0. The van der Waals surface area contributed by atoms with Crippen molar-refractivity contribution >= 4 is 33.2 Å². The third kappa shape index (κ3) is 2.84. The first-order valence-electron chi connectivity index (χ1n) is 5.38. The van der Waals surface area contributed by atoms with Crippen LogP contribution in [0.2, 0.25) is 0 Å².